The lowest BCUT2D eigenvalue weighted by molar-refractivity contribution is -0.143. The lowest BCUT2D eigenvalue weighted by atomic mass is 10.0. The molecule has 3 aromatic carbocycles. The van der Waals surface area contributed by atoms with E-state index in [4.69, 9.17) is 14.2 Å². The monoisotopic (exact) mass is 514 g/mol. The van der Waals surface area contributed by atoms with Gasteiger partial charge in [0.25, 0.3) is 0 Å². The molecule has 0 aliphatic rings. The summed E-state index contributed by atoms with van der Waals surface area (Å²) in [5, 5.41) is 0. The predicted molar refractivity (Wildman–Crippen MR) is 138 cm³/mol. The van der Waals surface area contributed by atoms with Gasteiger partial charge in [0.15, 0.2) is 0 Å². The maximum Gasteiger partial charge on any atom is 0.416 e. The van der Waals surface area contributed by atoms with E-state index >= 15 is 0 Å². The molecule has 3 aromatic rings. The Morgan fingerprint density at radius 2 is 1.70 bits per heavy atom. The van der Waals surface area contributed by atoms with Gasteiger partial charge < -0.3 is 14.2 Å². The number of alkyl halides is 3. The molecule has 0 saturated heterocycles. The van der Waals surface area contributed by atoms with Gasteiger partial charge in [-0.2, -0.15) is 13.2 Å². The first kappa shape index (κ1) is 28.1. The van der Waals surface area contributed by atoms with Crippen LogP contribution >= 0.6 is 0 Å². The molecule has 0 spiro atoms. The van der Waals surface area contributed by atoms with E-state index in [0.717, 1.165) is 35.4 Å². The molecule has 198 valence electrons. The summed E-state index contributed by atoms with van der Waals surface area (Å²) in [6, 6.07) is 18.3. The van der Waals surface area contributed by atoms with Crippen molar-refractivity contribution in [3.63, 3.8) is 0 Å². The van der Waals surface area contributed by atoms with Crippen molar-refractivity contribution >= 4 is 5.97 Å². The van der Waals surface area contributed by atoms with E-state index < -0.39 is 11.7 Å². The number of aryl methyl sites for hydroxylation is 2. The molecule has 1 atom stereocenters. The van der Waals surface area contributed by atoms with Crippen molar-refractivity contribution in [2.75, 3.05) is 13.2 Å². The Balaban J connectivity index is 1.61. The van der Waals surface area contributed by atoms with Crippen molar-refractivity contribution in [2.45, 2.75) is 58.7 Å². The zero-order valence-corrected chi connectivity index (χ0v) is 21.4. The van der Waals surface area contributed by atoms with Crippen LogP contribution in [0.2, 0.25) is 0 Å². The highest BCUT2D eigenvalue weighted by Crippen LogP contribution is 2.37. The summed E-state index contributed by atoms with van der Waals surface area (Å²) in [5.74, 6) is 0.914. The number of ether oxygens (including phenoxy) is 3. The molecule has 0 unspecified atom stereocenters. The van der Waals surface area contributed by atoms with E-state index in [1.807, 2.05) is 31.2 Å². The maximum atomic E-state index is 13.3. The third-order valence-electron chi connectivity index (χ3n) is 5.98. The number of carbonyl (C=O) groups excluding carboxylic acids is 1. The van der Waals surface area contributed by atoms with Crippen LogP contribution in [0.4, 0.5) is 13.2 Å². The second kappa shape index (κ2) is 13.2. The third kappa shape index (κ3) is 8.27. The van der Waals surface area contributed by atoms with Gasteiger partial charge in [-0.25, -0.2) is 0 Å². The molecular formula is C30H33F3O4. The fraction of sp³-hybridized carbons (Fsp3) is 0.367. The van der Waals surface area contributed by atoms with Gasteiger partial charge in [0, 0.05) is 18.4 Å². The highest BCUT2D eigenvalue weighted by Gasteiger charge is 2.31. The standard InChI is InChI=1S/C30H33F3O4/c1-4-22-19-26(14-11-23(22)12-16-29(34)35-5-2)36-18-17-21(3)37-28-15-13-25(30(31,32)33)20-27(28)24-9-7-6-8-10-24/h6-11,13-15,19-21H,4-5,12,16-18H2,1-3H3/t21-/m0/s1. The largest absolute Gasteiger partial charge is 0.493 e. The molecular weight excluding hydrogens is 481 g/mol. The van der Waals surface area contributed by atoms with Crippen molar-refractivity contribution in [1.82, 2.24) is 0 Å². The summed E-state index contributed by atoms with van der Waals surface area (Å²) >= 11 is 0. The zero-order valence-electron chi connectivity index (χ0n) is 21.4. The first-order valence-corrected chi connectivity index (χ1v) is 12.5. The molecule has 3 rings (SSSR count). The van der Waals surface area contributed by atoms with Crippen LogP contribution in [0.15, 0.2) is 66.7 Å². The van der Waals surface area contributed by atoms with E-state index in [-0.39, 0.29) is 12.1 Å². The highest BCUT2D eigenvalue weighted by molar-refractivity contribution is 5.71. The van der Waals surface area contributed by atoms with Crippen LogP contribution in [-0.2, 0) is 28.5 Å². The number of hydrogen-bond donors (Lipinski definition) is 0. The number of carbonyl (C=O) groups is 1. The summed E-state index contributed by atoms with van der Waals surface area (Å²) in [5.41, 5.74) is 2.54. The Morgan fingerprint density at radius 1 is 0.946 bits per heavy atom. The van der Waals surface area contributed by atoms with Crippen LogP contribution in [-0.4, -0.2) is 25.3 Å². The summed E-state index contributed by atoms with van der Waals surface area (Å²) in [6.45, 7) is 6.47. The molecule has 0 radical (unpaired) electrons. The molecule has 4 nitrogen and oxygen atoms in total. The molecule has 0 bridgehead atoms. The Labute approximate surface area is 216 Å². The molecule has 0 N–H and O–H groups in total. The Morgan fingerprint density at radius 3 is 2.38 bits per heavy atom. The van der Waals surface area contributed by atoms with Crippen molar-refractivity contribution in [1.29, 1.82) is 0 Å². The fourth-order valence-corrected chi connectivity index (χ4v) is 4.01. The molecule has 0 saturated carbocycles. The molecule has 7 heteroatoms. The van der Waals surface area contributed by atoms with Crippen molar-refractivity contribution in [2.24, 2.45) is 0 Å². The SMILES string of the molecule is CCOC(=O)CCc1ccc(OCC[C@H](C)Oc2ccc(C(F)(F)F)cc2-c2ccccc2)cc1CC. The normalized spacial score (nSPS) is 12.2. The van der Waals surface area contributed by atoms with Crippen LogP contribution in [0.5, 0.6) is 11.5 Å². The van der Waals surface area contributed by atoms with E-state index in [2.05, 4.69) is 6.92 Å². The number of hydrogen-bond acceptors (Lipinski definition) is 4. The Hall–Kier alpha value is -3.48. The van der Waals surface area contributed by atoms with Gasteiger partial charge in [-0.05, 0) is 73.7 Å². The summed E-state index contributed by atoms with van der Waals surface area (Å²) in [7, 11) is 0. The fourth-order valence-electron chi connectivity index (χ4n) is 4.01. The minimum absolute atomic E-state index is 0.206. The average Bonchev–Trinajstić information content (AvgIpc) is 2.88. The van der Waals surface area contributed by atoms with Gasteiger partial charge in [-0.15, -0.1) is 0 Å². The van der Waals surface area contributed by atoms with Gasteiger partial charge in [-0.3, -0.25) is 4.79 Å². The number of esters is 1. The molecule has 0 fully saturated rings. The molecule has 37 heavy (non-hydrogen) atoms. The molecule has 0 heterocycles. The Bertz CT molecular complexity index is 1160. The van der Waals surface area contributed by atoms with Crippen LogP contribution in [0.3, 0.4) is 0 Å². The van der Waals surface area contributed by atoms with Gasteiger partial charge in [0.1, 0.15) is 11.5 Å². The smallest absolute Gasteiger partial charge is 0.416 e. The lowest BCUT2D eigenvalue weighted by Gasteiger charge is -2.19. The second-order valence-electron chi connectivity index (χ2n) is 8.73. The average molecular weight is 515 g/mol. The van der Waals surface area contributed by atoms with Gasteiger partial charge in [0.2, 0.25) is 0 Å². The van der Waals surface area contributed by atoms with Crippen LogP contribution in [0, 0.1) is 0 Å². The highest BCUT2D eigenvalue weighted by atomic mass is 19.4. The van der Waals surface area contributed by atoms with Crippen molar-refractivity contribution < 1.29 is 32.2 Å². The van der Waals surface area contributed by atoms with Crippen LogP contribution in [0.25, 0.3) is 11.1 Å². The summed E-state index contributed by atoms with van der Waals surface area (Å²) < 4.78 is 56.9. The molecule has 0 aliphatic carbocycles. The number of rotatable bonds is 12. The maximum absolute atomic E-state index is 13.3. The third-order valence-corrected chi connectivity index (χ3v) is 5.98. The van der Waals surface area contributed by atoms with Crippen LogP contribution < -0.4 is 9.47 Å². The van der Waals surface area contributed by atoms with E-state index in [1.54, 1.807) is 31.2 Å². The van der Waals surface area contributed by atoms with E-state index in [9.17, 15) is 18.0 Å². The minimum atomic E-state index is -4.44. The van der Waals surface area contributed by atoms with E-state index in [0.29, 0.717) is 49.4 Å². The first-order valence-electron chi connectivity index (χ1n) is 12.5. The van der Waals surface area contributed by atoms with E-state index in [1.165, 1.54) is 6.07 Å². The van der Waals surface area contributed by atoms with Crippen LogP contribution in [0.1, 0.15) is 50.3 Å². The molecule has 0 aliphatic heterocycles. The Kier molecular flexibility index (Phi) is 10.0. The lowest BCUT2D eigenvalue weighted by Crippen LogP contribution is -2.16. The molecule has 0 aromatic heterocycles. The predicted octanol–water partition coefficient (Wildman–Crippen LogP) is 7.67. The molecule has 0 amide bonds. The summed E-state index contributed by atoms with van der Waals surface area (Å²) in [6.07, 6.45) is -2.41. The number of halogens is 3. The van der Waals surface area contributed by atoms with Gasteiger partial charge in [0.05, 0.1) is 24.9 Å². The zero-order chi connectivity index (χ0) is 26.8. The van der Waals surface area contributed by atoms with Gasteiger partial charge >= 0.3 is 12.1 Å². The first-order chi connectivity index (χ1) is 17.7. The number of benzene rings is 3. The topological polar surface area (TPSA) is 44.8 Å². The van der Waals surface area contributed by atoms with Gasteiger partial charge in [-0.1, -0.05) is 43.3 Å². The minimum Gasteiger partial charge on any atom is -0.493 e. The summed E-state index contributed by atoms with van der Waals surface area (Å²) in [4.78, 5) is 11.7. The second-order valence-corrected chi connectivity index (χ2v) is 8.73. The quantitative estimate of drug-likeness (QED) is 0.233. The van der Waals surface area contributed by atoms with Crippen molar-refractivity contribution in [3.05, 3.63) is 83.4 Å². The van der Waals surface area contributed by atoms with Crippen molar-refractivity contribution in [3.8, 4) is 22.6 Å².